The lowest BCUT2D eigenvalue weighted by Gasteiger charge is -2.35. The van der Waals surface area contributed by atoms with Crippen LogP contribution >= 0.6 is 0 Å². The van der Waals surface area contributed by atoms with Gasteiger partial charge in [0, 0.05) is 42.9 Å². The monoisotopic (exact) mass is 452 g/mol. The normalized spacial score (nSPS) is 20.2. The number of nitrogens with one attached hydrogen (secondary N) is 2. The van der Waals surface area contributed by atoms with Crippen LogP contribution in [0.4, 0.5) is 11.4 Å². The van der Waals surface area contributed by atoms with Crippen LogP contribution in [0, 0.1) is 10.1 Å². The van der Waals surface area contributed by atoms with E-state index in [4.69, 9.17) is 4.74 Å². The zero-order valence-electron chi connectivity index (χ0n) is 18.7. The molecule has 2 aliphatic rings. The number of hydrogen-bond acceptors (Lipinski definition) is 6. The Morgan fingerprint density at radius 1 is 1.06 bits per heavy atom. The number of carbonyl (C=O) groups excluding carboxylic acids is 2. The fourth-order valence-corrected chi connectivity index (χ4v) is 3.96. The van der Waals surface area contributed by atoms with Crippen LogP contribution in [0.5, 0.6) is 0 Å². The van der Waals surface area contributed by atoms with Crippen molar-refractivity contribution < 1.29 is 19.2 Å². The van der Waals surface area contributed by atoms with Gasteiger partial charge in [-0.1, -0.05) is 12.1 Å². The van der Waals surface area contributed by atoms with E-state index in [1.807, 2.05) is 26.0 Å². The van der Waals surface area contributed by atoms with Gasteiger partial charge in [0.1, 0.15) is 5.69 Å². The van der Waals surface area contributed by atoms with Crippen LogP contribution in [0.2, 0.25) is 0 Å². The van der Waals surface area contributed by atoms with Gasteiger partial charge in [-0.25, -0.2) is 0 Å². The number of benzene rings is 2. The third-order valence-electron chi connectivity index (χ3n) is 5.76. The van der Waals surface area contributed by atoms with E-state index in [1.54, 1.807) is 29.2 Å². The second kappa shape index (κ2) is 9.58. The highest BCUT2D eigenvalue weighted by molar-refractivity contribution is 5.96. The van der Waals surface area contributed by atoms with Gasteiger partial charge in [0.2, 0.25) is 0 Å². The van der Waals surface area contributed by atoms with E-state index in [0.717, 1.165) is 18.4 Å². The number of morpholine rings is 1. The second-order valence-electron chi connectivity index (χ2n) is 8.75. The predicted octanol–water partition coefficient (Wildman–Crippen LogP) is 3.35. The predicted molar refractivity (Wildman–Crippen MR) is 123 cm³/mol. The molecule has 2 fully saturated rings. The summed E-state index contributed by atoms with van der Waals surface area (Å²) in [6.07, 6.45) is 1.90. The molecule has 2 amide bonds. The van der Waals surface area contributed by atoms with E-state index >= 15 is 0 Å². The summed E-state index contributed by atoms with van der Waals surface area (Å²) in [5.74, 6) is -0.330. The number of amides is 2. The quantitative estimate of drug-likeness (QED) is 0.492. The van der Waals surface area contributed by atoms with E-state index in [2.05, 4.69) is 10.6 Å². The lowest BCUT2D eigenvalue weighted by molar-refractivity contribution is -0.384. The first-order valence-corrected chi connectivity index (χ1v) is 11.2. The fourth-order valence-electron chi connectivity index (χ4n) is 3.96. The minimum Gasteiger partial charge on any atom is -0.375 e. The molecule has 174 valence electrons. The van der Waals surface area contributed by atoms with E-state index in [0.29, 0.717) is 30.9 Å². The van der Waals surface area contributed by atoms with E-state index in [-0.39, 0.29) is 41.3 Å². The Labute approximate surface area is 192 Å². The highest BCUT2D eigenvalue weighted by Gasteiger charge is 2.27. The molecule has 1 saturated heterocycles. The summed E-state index contributed by atoms with van der Waals surface area (Å²) < 4.78 is 5.69. The summed E-state index contributed by atoms with van der Waals surface area (Å²) in [6.45, 7) is 5.37. The molecule has 4 rings (SSSR count). The molecule has 0 bridgehead atoms. The Hall–Kier alpha value is -3.46. The number of rotatable bonds is 7. The lowest BCUT2D eigenvalue weighted by atomic mass is 10.1. The molecular weight excluding hydrogens is 424 g/mol. The Balaban J connectivity index is 1.40. The average Bonchev–Trinajstić information content (AvgIpc) is 3.60. The number of hydrogen-bond donors (Lipinski definition) is 2. The van der Waals surface area contributed by atoms with Gasteiger partial charge < -0.3 is 20.3 Å². The topological polar surface area (TPSA) is 114 Å². The van der Waals surface area contributed by atoms with Crippen molar-refractivity contribution in [1.29, 1.82) is 0 Å². The Kier molecular flexibility index (Phi) is 6.60. The number of nitrogens with zero attached hydrogens (tertiary/aromatic N) is 2. The molecule has 2 unspecified atom stereocenters. The van der Waals surface area contributed by atoms with Crippen LogP contribution in [-0.4, -0.2) is 53.0 Å². The Bertz CT molecular complexity index is 1040. The molecule has 2 atom stereocenters. The fraction of sp³-hybridized carbons (Fsp3) is 0.417. The molecule has 0 radical (unpaired) electrons. The van der Waals surface area contributed by atoms with Crippen molar-refractivity contribution in [3.05, 3.63) is 69.3 Å². The maximum Gasteiger partial charge on any atom is 0.293 e. The first-order valence-electron chi connectivity index (χ1n) is 11.2. The number of anilines is 1. The molecule has 2 aromatic rings. The maximum atomic E-state index is 12.8. The number of ether oxygens (including phenoxy) is 1. The van der Waals surface area contributed by atoms with Gasteiger partial charge in [-0.15, -0.1) is 0 Å². The number of carbonyl (C=O) groups is 2. The maximum absolute atomic E-state index is 12.8. The molecular formula is C24H28N4O5. The van der Waals surface area contributed by atoms with Crippen molar-refractivity contribution >= 4 is 23.2 Å². The van der Waals surface area contributed by atoms with E-state index in [1.165, 1.54) is 6.07 Å². The van der Waals surface area contributed by atoms with E-state index < -0.39 is 4.92 Å². The highest BCUT2D eigenvalue weighted by Crippen LogP contribution is 2.27. The largest absolute Gasteiger partial charge is 0.375 e. The highest BCUT2D eigenvalue weighted by atomic mass is 16.6. The third kappa shape index (κ3) is 5.67. The molecule has 1 saturated carbocycles. The molecule has 0 aromatic heterocycles. The minimum atomic E-state index is -0.498. The van der Waals surface area contributed by atoms with Gasteiger partial charge in [0.15, 0.2) is 0 Å². The van der Waals surface area contributed by atoms with E-state index in [9.17, 15) is 19.7 Å². The zero-order chi connectivity index (χ0) is 23.5. The van der Waals surface area contributed by atoms with Crippen molar-refractivity contribution in [2.45, 2.75) is 51.5 Å². The summed E-state index contributed by atoms with van der Waals surface area (Å²) >= 11 is 0. The molecule has 0 spiro atoms. The zero-order valence-corrected chi connectivity index (χ0v) is 18.7. The summed E-state index contributed by atoms with van der Waals surface area (Å²) in [4.78, 5) is 37.9. The minimum absolute atomic E-state index is 0.00290. The molecule has 33 heavy (non-hydrogen) atoms. The van der Waals surface area contributed by atoms with Gasteiger partial charge in [0.25, 0.3) is 17.5 Å². The average molecular weight is 453 g/mol. The van der Waals surface area contributed by atoms with Gasteiger partial charge in [-0.2, -0.15) is 0 Å². The van der Waals surface area contributed by atoms with Crippen LogP contribution in [0.25, 0.3) is 0 Å². The van der Waals surface area contributed by atoms with Crippen LogP contribution in [-0.2, 0) is 11.3 Å². The smallest absolute Gasteiger partial charge is 0.293 e. The lowest BCUT2D eigenvalue weighted by Crippen LogP contribution is -2.48. The van der Waals surface area contributed by atoms with Crippen molar-refractivity contribution in [2.24, 2.45) is 0 Å². The van der Waals surface area contributed by atoms with Crippen molar-refractivity contribution in [3.63, 3.8) is 0 Å². The summed E-state index contributed by atoms with van der Waals surface area (Å²) in [5, 5.41) is 17.4. The van der Waals surface area contributed by atoms with Gasteiger partial charge in [-0.05, 0) is 56.5 Å². The van der Waals surface area contributed by atoms with Crippen LogP contribution in [0.1, 0.15) is 53.0 Å². The van der Waals surface area contributed by atoms with Crippen LogP contribution < -0.4 is 10.6 Å². The first kappa shape index (κ1) is 22.7. The van der Waals surface area contributed by atoms with Gasteiger partial charge >= 0.3 is 0 Å². The molecule has 1 aliphatic carbocycles. The molecule has 9 nitrogen and oxygen atoms in total. The third-order valence-corrected chi connectivity index (χ3v) is 5.76. The summed E-state index contributed by atoms with van der Waals surface area (Å²) in [6, 6.07) is 11.8. The molecule has 1 heterocycles. The standard InChI is InChI=1S/C24H28N4O5/c1-15-13-27(14-16(2)33-15)24(30)18-5-3-17(4-6-18)12-25-21-10-7-19(11-22(21)28(31)32)23(29)26-20-8-9-20/h3-7,10-11,15-16,20,25H,8-9,12-14H2,1-2H3,(H,26,29). The molecule has 2 aromatic carbocycles. The molecule has 1 aliphatic heterocycles. The van der Waals surface area contributed by atoms with Gasteiger partial charge in [-0.3, -0.25) is 19.7 Å². The molecule has 9 heteroatoms. The van der Waals surface area contributed by atoms with Gasteiger partial charge in [0.05, 0.1) is 17.1 Å². The van der Waals surface area contributed by atoms with Crippen molar-refractivity contribution in [2.75, 3.05) is 18.4 Å². The summed E-state index contributed by atoms with van der Waals surface area (Å²) in [5.41, 5.74) is 1.92. The SMILES string of the molecule is CC1CN(C(=O)c2ccc(CNc3ccc(C(=O)NC4CC4)cc3[N+](=O)[O-])cc2)CC(C)O1. The van der Waals surface area contributed by atoms with Crippen LogP contribution in [0.3, 0.4) is 0 Å². The number of nitro groups is 1. The van der Waals surface area contributed by atoms with Crippen LogP contribution in [0.15, 0.2) is 42.5 Å². The summed E-state index contributed by atoms with van der Waals surface area (Å²) in [7, 11) is 0. The van der Waals surface area contributed by atoms with Crippen molar-refractivity contribution in [3.8, 4) is 0 Å². The Morgan fingerprint density at radius 2 is 1.70 bits per heavy atom. The van der Waals surface area contributed by atoms with Crippen molar-refractivity contribution in [1.82, 2.24) is 10.2 Å². The Morgan fingerprint density at radius 3 is 2.30 bits per heavy atom. The first-order chi connectivity index (χ1) is 15.8. The molecule has 2 N–H and O–H groups in total. The second-order valence-corrected chi connectivity index (χ2v) is 8.75. The number of nitro benzene ring substituents is 1.